The van der Waals surface area contributed by atoms with Crippen LogP contribution in [0.4, 0.5) is 5.82 Å². The van der Waals surface area contributed by atoms with Crippen molar-refractivity contribution >= 4 is 29.4 Å². The van der Waals surface area contributed by atoms with Crippen LogP contribution >= 0.6 is 11.8 Å². The third-order valence-corrected chi connectivity index (χ3v) is 5.19. The summed E-state index contributed by atoms with van der Waals surface area (Å²) >= 11 is 1.72. The number of rotatable bonds is 6. The number of thioether (sulfide) groups is 1. The van der Waals surface area contributed by atoms with Crippen LogP contribution in [0.3, 0.4) is 0 Å². The summed E-state index contributed by atoms with van der Waals surface area (Å²) in [5, 5.41) is 9.83. The number of fused-ring (bicyclic) bond motifs is 1. The Morgan fingerprint density at radius 1 is 1.19 bits per heavy atom. The van der Waals surface area contributed by atoms with Gasteiger partial charge in [0.2, 0.25) is 0 Å². The first-order valence-corrected chi connectivity index (χ1v) is 9.59. The molecule has 8 nitrogen and oxygen atoms in total. The van der Waals surface area contributed by atoms with E-state index >= 15 is 0 Å². The van der Waals surface area contributed by atoms with Gasteiger partial charge in [0.05, 0.1) is 17.9 Å². The number of nitrogens with zero attached hydrogens (tertiary/aromatic N) is 2. The van der Waals surface area contributed by atoms with Gasteiger partial charge in [-0.05, 0) is 19.1 Å². The number of methoxy groups -OCH3 is 2. The molecule has 0 saturated carbocycles. The summed E-state index contributed by atoms with van der Waals surface area (Å²) in [5.41, 5.74) is 3.84. The molecule has 0 aliphatic carbocycles. The first-order chi connectivity index (χ1) is 13.0. The molecule has 144 valence electrons. The summed E-state index contributed by atoms with van der Waals surface area (Å²) < 4.78 is 11.7. The van der Waals surface area contributed by atoms with Crippen molar-refractivity contribution in [3.05, 3.63) is 41.1 Å². The number of anilines is 1. The molecular weight excluding hydrogens is 368 g/mol. The van der Waals surface area contributed by atoms with Crippen LogP contribution in [0.1, 0.15) is 16.8 Å². The average Bonchev–Trinajstić information content (AvgIpc) is 3.25. The summed E-state index contributed by atoms with van der Waals surface area (Å²) in [5.74, 6) is 0.550. The molecule has 2 N–H and O–H groups in total. The zero-order valence-electron chi connectivity index (χ0n) is 15.4. The highest BCUT2D eigenvalue weighted by Crippen LogP contribution is 2.36. The topological polar surface area (TPSA) is 94.5 Å². The van der Waals surface area contributed by atoms with Crippen molar-refractivity contribution in [2.75, 3.05) is 26.1 Å². The summed E-state index contributed by atoms with van der Waals surface area (Å²) in [4.78, 5) is 24.5. The molecule has 0 fully saturated rings. The number of carbonyl (C=O) groups is 2. The maximum Gasteiger partial charge on any atom is 0.314 e. The summed E-state index contributed by atoms with van der Waals surface area (Å²) in [6, 6.07) is 7.82. The van der Waals surface area contributed by atoms with Gasteiger partial charge in [0.25, 0.3) is 0 Å². The highest BCUT2D eigenvalue weighted by atomic mass is 32.2. The number of amides is 2. The minimum absolute atomic E-state index is 0.0738. The Bertz CT molecular complexity index is 831. The zero-order chi connectivity index (χ0) is 19.4. The van der Waals surface area contributed by atoms with E-state index in [0.29, 0.717) is 5.82 Å². The predicted molar refractivity (Wildman–Crippen MR) is 103 cm³/mol. The second kappa shape index (κ2) is 8.55. The van der Waals surface area contributed by atoms with E-state index < -0.39 is 18.1 Å². The minimum Gasteiger partial charge on any atom is -0.354 e. The van der Waals surface area contributed by atoms with Crippen molar-refractivity contribution in [1.29, 1.82) is 0 Å². The fourth-order valence-electron chi connectivity index (χ4n) is 2.70. The van der Waals surface area contributed by atoms with Crippen LogP contribution in [0, 0.1) is 6.92 Å². The molecular formula is C18H22N4O4S. The molecule has 2 aromatic rings. The van der Waals surface area contributed by atoms with Crippen molar-refractivity contribution < 1.29 is 19.1 Å². The highest BCUT2D eigenvalue weighted by Gasteiger charge is 2.26. The van der Waals surface area contributed by atoms with Crippen LogP contribution in [-0.4, -0.2) is 48.6 Å². The lowest BCUT2D eigenvalue weighted by Crippen LogP contribution is -2.40. The molecule has 1 aromatic heterocycles. The van der Waals surface area contributed by atoms with E-state index in [0.717, 1.165) is 34.0 Å². The standard InChI is InChI=1S/C18H22N4O4S/c1-11-4-6-12(7-5-11)22-16(13-9-27-10-14(13)21-22)20-18(24)17(23)19-8-15(25-2)26-3/h4-7,15H,8-10H2,1-3H3,(H,19,23)(H,20,24). The number of nitrogens with one attached hydrogen (secondary N) is 2. The molecule has 1 aromatic carbocycles. The van der Waals surface area contributed by atoms with Crippen molar-refractivity contribution in [2.45, 2.75) is 24.7 Å². The van der Waals surface area contributed by atoms with E-state index in [2.05, 4.69) is 15.7 Å². The van der Waals surface area contributed by atoms with Gasteiger partial charge in [-0.2, -0.15) is 16.9 Å². The fraction of sp³-hybridized carbons (Fsp3) is 0.389. The first kappa shape index (κ1) is 19.4. The molecule has 2 amide bonds. The van der Waals surface area contributed by atoms with Crippen molar-refractivity contribution in [1.82, 2.24) is 15.1 Å². The molecule has 9 heteroatoms. The molecule has 0 saturated heterocycles. The number of carbonyl (C=O) groups excluding carboxylic acids is 2. The van der Waals surface area contributed by atoms with Gasteiger partial charge in [-0.15, -0.1) is 0 Å². The molecule has 0 radical (unpaired) electrons. The summed E-state index contributed by atoms with van der Waals surface area (Å²) in [7, 11) is 2.92. The van der Waals surface area contributed by atoms with Gasteiger partial charge in [-0.25, -0.2) is 4.68 Å². The van der Waals surface area contributed by atoms with Gasteiger partial charge < -0.3 is 20.1 Å². The van der Waals surface area contributed by atoms with E-state index in [9.17, 15) is 9.59 Å². The van der Waals surface area contributed by atoms with Crippen LogP contribution in [0.2, 0.25) is 0 Å². The van der Waals surface area contributed by atoms with E-state index in [1.807, 2.05) is 31.2 Å². The minimum atomic E-state index is -0.759. The van der Waals surface area contributed by atoms with E-state index in [-0.39, 0.29) is 6.54 Å². The molecule has 0 bridgehead atoms. The van der Waals surface area contributed by atoms with Crippen molar-refractivity contribution in [2.24, 2.45) is 0 Å². The van der Waals surface area contributed by atoms with Gasteiger partial charge >= 0.3 is 11.8 Å². The molecule has 0 atom stereocenters. The maximum absolute atomic E-state index is 12.4. The Hall–Kier alpha value is -2.36. The van der Waals surface area contributed by atoms with Gasteiger partial charge in [0.1, 0.15) is 5.82 Å². The lowest BCUT2D eigenvalue weighted by atomic mass is 10.2. The second-order valence-electron chi connectivity index (χ2n) is 6.08. The van der Waals surface area contributed by atoms with Gasteiger partial charge in [0, 0.05) is 31.3 Å². The predicted octanol–water partition coefficient (Wildman–Crippen LogP) is 1.60. The molecule has 1 aliphatic rings. The number of aryl methyl sites for hydroxylation is 1. The lowest BCUT2D eigenvalue weighted by molar-refractivity contribution is -0.139. The monoisotopic (exact) mass is 390 g/mol. The van der Waals surface area contributed by atoms with Gasteiger partial charge in [-0.1, -0.05) is 17.7 Å². The van der Waals surface area contributed by atoms with Crippen LogP contribution in [0.15, 0.2) is 24.3 Å². The third-order valence-electron chi connectivity index (χ3n) is 4.22. The number of benzene rings is 1. The van der Waals surface area contributed by atoms with Crippen molar-refractivity contribution in [3.8, 4) is 5.69 Å². The summed E-state index contributed by atoms with van der Waals surface area (Å²) in [6.45, 7) is 2.08. The number of ether oxygens (including phenoxy) is 2. The average molecular weight is 390 g/mol. The number of hydrogen-bond donors (Lipinski definition) is 2. The first-order valence-electron chi connectivity index (χ1n) is 8.43. The lowest BCUT2D eigenvalue weighted by Gasteiger charge is -2.14. The smallest absolute Gasteiger partial charge is 0.314 e. The molecule has 1 aliphatic heterocycles. The Morgan fingerprint density at radius 2 is 1.89 bits per heavy atom. The second-order valence-corrected chi connectivity index (χ2v) is 7.06. The normalized spacial score (nSPS) is 12.9. The van der Waals surface area contributed by atoms with Crippen LogP contribution in [0.5, 0.6) is 0 Å². The molecule has 3 rings (SSSR count). The Kier molecular flexibility index (Phi) is 6.15. The Balaban J connectivity index is 1.78. The summed E-state index contributed by atoms with van der Waals surface area (Å²) in [6.07, 6.45) is -0.611. The van der Waals surface area contributed by atoms with Gasteiger partial charge in [-0.3, -0.25) is 9.59 Å². The Morgan fingerprint density at radius 3 is 2.56 bits per heavy atom. The van der Waals surface area contributed by atoms with E-state index in [1.165, 1.54) is 14.2 Å². The van der Waals surface area contributed by atoms with Crippen LogP contribution < -0.4 is 10.6 Å². The highest BCUT2D eigenvalue weighted by molar-refractivity contribution is 7.98. The molecule has 0 spiro atoms. The molecule has 2 heterocycles. The molecule has 27 heavy (non-hydrogen) atoms. The van der Waals surface area contributed by atoms with E-state index in [1.54, 1.807) is 16.4 Å². The Labute approximate surface area is 161 Å². The van der Waals surface area contributed by atoms with Crippen LogP contribution in [0.25, 0.3) is 5.69 Å². The zero-order valence-corrected chi connectivity index (χ0v) is 16.3. The largest absolute Gasteiger partial charge is 0.354 e. The SMILES string of the molecule is COC(CNC(=O)C(=O)Nc1c2c(nn1-c1ccc(C)cc1)CSC2)OC. The fourth-order valence-corrected chi connectivity index (χ4v) is 3.73. The van der Waals surface area contributed by atoms with E-state index in [4.69, 9.17) is 9.47 Å². The quantitative estimate of drug-likeness (QED) is 0.575. The maximum atomic E-state index is 12.4. The molecule has 0 unspecified atom stereocenters. The van der Waals surface area contributed by atoms with Crippen LogP contribution in [-0.2, 0) is 30.6 Å². The number of aromatic nitrogens is 2. The van der Waals surface area contributed by atoms with Gasteiger partial charge in [0.15, 0.2) is 6.29 Å². The number of hydrogen-bond acceptors (Lipinski definition) is 6. The third kappa shape index (κ3) is 4.32. The van der Waals surface area contributed by atoms with Crippen molar-refractivity contribution in [3.63, 3.8) is 0 Å².